The minimum Gasteiger partial charge on any atom is -0.309 e. The fourth-order valence-electron chi connectivity index (χ4n) is 3.47. The summed E-state index contributed by atoms with van der Waals surface area (Å²) in [5.41, 5.74) is 3.62. The van der Waals surface area contributed by atoms with E-state index in [2.05, 4.69) is 26.2 Å². The van der Waals surface area contributed by atoms with Crippen molar-refractivity contribution in [2.75, 3.05) is 0 Å². The van der Waals surface area contributed by atoms with Gasteiger partial charge in [0.2, 0.25) is 0 Å². The van der Waals surface area contributed by atoms with Crippen molar-refractivity contribution in [3.05, 3.63) is 46.6 Å². The molecule has 0 spiro atoms. The number of hydrogen-bond acceptors (Lipinski definition) is 3. The summed E-state index contributed by atoms with van der Waals surface area (Å²) in [6, 6.07) is 7.95. The highest BCUT2D eigenvalue weighted by Crippen LogP contribution is 2.35. The highest BCUT2D eigenvalue weighted by molar-refractivity contribution is 5.85. The van der Waals surface area contributed by atoms with E-state index in [-0.39, 0.29) is 5.69 Å². The van der Waals surface area contributed by atoms with E-state index in [1.54, 1.807) is 6.20 Å². The lowest BCUT2D eigenvalue weighted by Gasteiger charge is -2.22. The molecule has 0 aliphatic heterocycles. The molecule has 0 amide bonds. The number of hydrogen-bond donors (Lipinski definition) is 2. The van der Waals surface area contributed by atoms with Gasteiger partial charge in [-0.25, -0.2) is 4.79 Å². The van der Waals surface area contributed by atoms with Crippen molar-refractivity contribution in [2.24, 2.45) is 0 Å². The molecule has 112 valence electrons. The van der Waals surface area contributed by atoms with Crippen molar-refractivity contribution in [2.45, 2.75) is 38.0 Å². The van der Waals surface area contributed by atoms with Gasteiger partial charge < -0.3 is 4.98 Å². The van der Waals surface area contributed by atoms with E-state index < -0.39 is 0 Å². The lowest BCUT2D eigenvalue weighted by atomic mass is 9.85. The molecule has 1 aliphatic rings. The standard InChI is InChI=1S/C17H18N4O/c22-17-19-15-7-6-12(14-8-9-18-21-14)10-13(15)16(20-17)11-4-2-1-3-5-11/h6-11H,1-5H2,(H,18,21)(H,19,20,22). The zero-order chi connectivity index (χ0) is 14.9. The molecule has 2 heterocycles. The van der Waals surface area contributed by atoms with Gasteiger partial charge in [-0.2, -0.15) is 10.1 Å². The van der Waals surface area contributed by atoms with Crippen molar-refractivity contribution in [1.29, 1.82) is 0 Å². The van der Waals surface area contributed by atoms with Gasteiger partial charge >= 0.3 is 5.69 Å². The van der Waals surface area contributed by atoms with Crippen LogP contribution in [-0.4, -0.2) is 20.2 Å². The number of benzene rings is 1. The Morgan fingerprint density at radius 1 is 1.09 bits per heavy atom. The molecule has 1 aromatic carbocycles. The van der Waals surface area contributed by atoms with Crippen LogP contribution in [0.3, 0.4) is 0 Å². The van der Waals surface area contributed by atoms with Crippen LogP contribution < -0.4 is 5.69 Å². The van der Waals surface area contributed by atoms with Gasteiger partial charge in [-0.05, 0) is 37.0 Å². The molecule has 3 aromatic rings. The second kappa shape index (κ2) is 5.40. The van der Waals surface area contributed by atoms with Crippen LogP contribution in [0.25, 0.3) is 22.2 Å². The summed E-state index contributed by atoms with van der Waals surface area (Å²) in [5.74, 6) is 0.434. The van der Waals surface area contributed by atoms with Crippen LogP contribution in [0.15, 0.2) is 35.3 Å². The van der Waals surface area contributed by atoms with Gasteiger partial charge in [0.1, 0.15) is 0 Å². The lowest BCUT2D eigenvalue weighted by molar-refractivity contribution is 0.438. The average molecular weight is 294 g/mol. The van der Waals surface area contributed by atoms with Crippen LogP contribution in [0.1, 0.15) is 43.7 Å². The maximum atomic E-state index is 11.9. The number of nitrogens with one attached hydrogen (secondary N) is 2. The van der Waals surface area contributed by atoms with Gasteiger partial charge in [0.25, 0.3) is 0 Å². The Balaban J connectivity index is 1.89. The van der Waals surface area contributed by atoms with Crippen LogP contribution in [0.5, 0.6) is 0 Å². The van der Waals surface area contributed by atoms with Gasteiger partial charge in [-0.15, -0.1) is 0 Å². The summed E-state index contributed by atoms with van der Waals surface area (Å²) in [6.45, 7) is 0. The fraction of sp³-hybridized carbons (Fsp3) is 0.353. The molecule has 1 aliphatic carbocycles. The monoisotopic (exact) mass is 294 g/mol. The third-order valence-electron chi connectivity index (χ3n) is 4.58. The quantitative estimate of drug-likeness (QED) is 0.761. The van der Waals surface area contributed by atoms with Crippen molar-refractivity contribution in [1.82, 2.24) is 20.2 Å². The number of aromatic amines is 2. The summed E-state index contributed by atoms with van der Waals surface area (Å²) in [7, 11) is 0. The minimum atomic E-state index is -0.248. The van der Waals surface area contributed by atoms with Crippen LogP contribution >= 0.6 is 0 Å². The summed E-state index contributed by atoms with van der Waals surface area (Å²) in [5, 5.41) is 8.05. The Morgan fingerprint density at radius 2 is 1.95 bits per heavy atom. The first-order chi connectivity index (χ1) is 10.8. The largest absolute Gasteiger partial charge is 0.345 e. The normalized spacial score (nSPS) is 16.2. The lowest BCUT2D eigenvalue weighted by Crippen LogP contribution is -2.17. The molecular formula is C17H18N4O. The summed E-state index contributed by atoms with van der Waals surface area (Å²) < 4.78 is 0. The van der Waals surface area contributed by atoms with Crippen LogP contribution in [-0.2, 0) is 0 Å². The van der Waals surface area contributed by atoms with Crippen molar-refractivity contribution >= 4 is 10.9 Å². The number of nitrogens with zero attached hydrogens (tertiary/aromatic N) is 2. The first-order valence-corrected chi connectivity index (χ1v) is 7.85. The Kier molecular flexibility index (Phi) is 3.25. The predicted octanol–water partition coefficient (Wildman–Crippen LogP) is 3.36. The number of H-pyrrole nitrogens is 2. The molecule has 4 rings (SSSR count). The first-order valence-electron chi connectivity index (χ1n) is 7.85. The van der Waals surface area contributed by atoms with E-state index >= 15 is 0 Å². The summed E-state index contributed by atoms with van der Waals surface area (Å²) >= 11 is 0. The molecule has 1 fully saturated rings. The summed E-state index contributed by atoms with van der Waals surface area (Å²) in [4.78, 5) is 19.0. The van der Waals surface area contributed by atoms with Crippen molar-refractivity contribution < 1.29 is 0 Å². The van der Waals surface area contributed by atoms with Crippen molar-refractivity contribution in [3.63, 3.8) is 0 Å². The zero-order valence-corrected chi connectivity index (χ0v) is 12.3. The number of fused-ring (bicyclic) bond motifs is 1. The second-order valence-electron chi connectivity index (χ2n) is 5.99. The first kappa shape index (κ1) is 13.2. The van der Waals surface area contributed by atoms with Crippen molar-refractivity contribution in [3.8, 4) is 11.3 Å². The zero-order valence-electron chi connectivity index (χ0n) is 12.3. The van der Waals surface area contributed by atoms with Crippen LogP contribution in [0.2, 0.25) is 0 Å². The molecule has 0 bridgehead atoms. The van der Waals surface area contributed by atoms with Gasteiger partial charge in [0.15, 0.2) is 0 Å². The molecule has 0 unspecified atom stereocenters. The second-order valence-corrected chi connectivity index (χ2v) is 5.99. The molecule has 5 heteroatoms. The SMILES string of the molecule is O=c1nc2ccc(-c3ccn[nH]3)cc2c(C2CCCCC2)[nH]1. The molecule has 0 radical (unpaired) electrons. The van der Waals surface area contributed by atoms with Gasteiger partial charge in [0, 0.05) is 22.8 Å². The van der Waals surface area contributed by atoms with Crippen LogP contribution in [0.4, 0.5) is 0 Å². The average Bonchev–Trinajstić information content (AvgIpc) is 3.09. The van der Waals surface area contributed by atoms with E-state index in [4.69, 9.17) is 0 Å². The molecule has 22 heavy (non-hydrogen) atoms. The molecule has 2 aromatic heterocycles. The molecule has 5 nitrogen and oxygen atoms in total. The molecule has 2 N–H and O–H groups in total. The molecule has 0 saturated heterocycles. The smallest absolute Gasteiger partial charge is 0.309 e. The Bertz CT molecular complexity index is 845. The predicted molar refractivity (Wildman–Crippen MR) is 85.8 cm³/mol. The van der Waals surface area contributed by atoms with Gasteiger partial charge in [-0.3, -0.25) is 5.10 Å². The van der Waals surface area contributed by atoms with Crippen LogP contribution in [0, 0.1) is 0 Å². The highest BCUT2D eigenvalue weighted by Gasteiger charge is 2.19. The van der Waals surface area contributed by atoms with E-state index in [0.29, 0.717) is 5.92 Å². The van der Waals surface area contributed by atoms with E-state index in [1.807, 2.05) is 18.2 Å². The van der Waals surface area contributed by atoms with Gasteiger partial charge in [-0.1, -0.05) is 25.3 Å². The topological polar surface area (TPSA) is 74.4 Å². The number of aromatic nitrogens is 4. The Labute approximate surface area is 127 Å². The molecule has 1 saturated carbocycles. The fourth-order valence-corrected chi connectivity index (χ4v) is 3.47. The van der Waals surface area contributed by atoms with E-state index in [9.17, 15) is 4.79 Å². The Morgan fingerprint density at radius 3 is 2.73 bits per heavy atom. The maximum Gasteiger partial charge on any atom is 0.345 e. The Hall–Kier alpha value is -2.43. The highest BCUT2D eigenvalue weighted by atomic mass is 16.1. The van der Waals surface area contributed by atoms with E-state index in [0.717, 1.165) is 40.7 Å². The minimum absolute atomic E-state index is 0.248. The number of rotatable bonds is 2. The maximum absolute atomic E-state index is 11.9. The summed E-state index contributed by atoms with van der Waals surface area (Å²) in [6.07, 6.45) is 7.79. The van der Waals surface area contributed by atoms with Gasteiger partial charge in [0.05, 0.1) is 11.2 Å². The molecular weight excluding hydrogens is 276 g/mol. The third kappa shape index (κ3) is 2.32. The third-order valence-corrected chi connectivity index (χ3v) is 4.58. The van der Waals surface area contributed by atoms with E-state index in [1.165, 1.54) is 19.3 Å². The molecule has 0 atom stereocenters.